The third-order valence-electron chi connectivity index (χ3n) is 6.17. The van der Waals surface area contributed by atoms with Crippen LogP contribution < -0.4 is 5.32 Å². The lowest BCUT2D eigenvalue weighted by molar-refractivity contribution is 0.177. The largest absolute Gasteiger partial charge is 0.346 e. The number of nitrogens with one attached hydrogen (secondary N) is 1. The second kappa shape index (κ2) is 10.0. The number of halogens is 1. The van der Waals surface area contributed by atoms with Gasteiger partial charge in [0.1, 0.15) is 0 Å². The van der Waals surface area contributed by atoms with Crippen LogP contribution in [-0.4, -0.2) is 50.9 Å². The number of hydrogen-bond acceptors (Lipinski definition) is 3. The van der Waals surface area contributed by atoms with Crippen molar-refractivity contribution < 1.29 is 0 Å². The number of rotatable bonds is 5. The molecule has 2 aromatic carbocycles. The van der Waals surface area contributed by atoms with Gasteiger partial charge in [0, 0.05) is 37.7 Å². The van der Waals surface area contributed by atoms with Crippen LogP contribution in [0.5, 0.6) is 0 Å². The van der Waals surface area contributed by atoms with E-state index in [-0.39, 0.29) is 0 Å². The maximum absolute atomic E-state index is 6.00. The Balaban J connectivity index is 1.35. The highest BCUT2D eigenvalue weighted by Crippen LogP contribution is 2.22. The SMILES string of the molecule is Cc1ccccc1Cn1nc(C)c(NC(=S)N2CCN(Cc3ccc(Cl)cc3)CC2)c1C. The zero-order valence-electron chi connectivity index (χ0n) is 18.9. The van der Waals surface area contributed by atoms with Crippen molar-refractivity contribution in [1.29, 1.82) is 0 Å². The first-order chi connectivity index (χ1) is 15.4. The van der Waals surface area contributed by atoms with E-state index in [1.807, 2.05) is 19.1 Å². The standard InChI is InChI=1S/C25H30ClN5S/c1-18-6-4-5-7-22(18)17-31-20(3)24(19(2)28-31)27-25(32)30-14-12-29(13-15-30)16-21-8-10-23(26)11-9-21/h4-11H,12-17H2,1-3H3,(H,27,32). The van der Waals surface area contributed by atoms with Crippen LogP contribution in [0.4, 0.5) is 5.69 Å². The van der Waals surface area contributed by atoms with Crippen LogP contribution in [0.2, 0.25) is 5.02 Å². The molecule has 0 amide bonds. The lowest BCUT2D eigenvalue weighted by Gasteiger charge is -2.36. The van der Waals surface area contributed by atoms with Gasteiger partial charge in [-0.1, -0.05) is 48.0 Å². The zero-order valence-corrected chi connectivity index (χ0v) is 20.5. The van der Waals surface area contributed by atoms with Crippen molar-refractivity contribution in [2.45, 2.75) is 33.9 Å². The van der Waals surface area contributed by atoms with Gasteiger partial charge < -0.3 is 10.2 Å². The van der Waals surface area contributed by atoms with Gasteiger partial charge in [-0.05, 0) is 61.8 Å². The van der Waals surface area contributed by atoms with Crippen LogP contribution in [0.25, 0.3) is 0 Å². The van der Waals surface area contributed by atoms with Crippen LogP contribution in [0, 0.1) is 20.8 Å². The number of anilines is 1. The summed E-state index contributed by atoms with van der Waals surface area (Å²) < 4.78 is 2.06. The average molecular weight is 468 g/mol. The molecule has 1 aliphatic heterocycles. The molecule has 0 spiro atoms. The quantitative estimate of drug-likeness (QED) is 0.533. The molecule has 0 aliphatic carbocycles. The summed E-state index contributed by atoms with van der Waals surface area (Å²) in [5, 5.41) is 9.80. The molecule has 0 radical (unpaired) electrons. The molecule has 0 atom stereocenters. The van der Waals surface area contributed by atoms with E-state index in [0.717, 1.165) is 66.5 Å². The molecule has 0 unspecified atom stereocenters. The van der Waals surface area contributed by atoms with Gasteiger partial charge in [-0.3, -0.25) is 9.58 Å². The Morgan fingerprint density at radius 2 is 1.66 bits per heavy atom. The molecule has 1 aromatic heterocycles. The van der Waals surface area contributed by atoms with Crippen molar-refractivity contribution >= 4 is 34.6 Å². The van der Waals surface area contributed by atoms with E-state index >= 15 is 0 Å². The predicted molar refractivity (Wildman–Crippen MR) is 137 cm³/mol. The van der Waals surface area contributed by atoms with Crippen molar-refractivity contribution in [1.82, 2.24) is 19.6 Å². The molecule has 168 valence electrons. The highest BCUT2D eigenvalue weighted by atomic mass is 35.5. The molecule has 7 heteroatoms. The van der Waals surface area contributed by atoms with E-state index in [4.69, 9.17) is 28.9 Å². The van der Waals surface area contributed by atoms with Gasteiger partial charge >= 0.3 is 0 Å². The topological polar surface area (TPSA) is 36.3 Å². The van der Waals surface area contributed by atoms with Gasteiger partial charge in [0.2, 0.25) is 0 Å². The van der Waals surface area contributed by atoms with E-state index in [0.29, 0.717) is 0 Å². The van der Waals surface area contributed by atoms with Gasteiger partial charge in [0.15, 0.2) is 5.11 Å². The van der Waals surface area contributed by atoms with Crippen LogP contribution >= 0.6 is 23.8 Å². The van der Waals surface area contributed by atoms with E-state index in [9.17, 15) is 0 Å². The number of aryl methyl sites for hydroxylation is 2. The summed E-state index contributed by atoms with van der Waals surface area (Å²) >= 11 is 11.8. The first-order valence-corrected chi connectivity index (χ1v) is 11.8. The molecule has 32 heavy (non-hydrogen) atoms. The maximum Gasteiger partial charge on any atom is 0.173 e. The minimum Gasteiger partial charge on any atom is -0.346 e. The fourth-order valence-corrected chi connectivity index (χ4v) is 4.53. The van der Waals surface area contributed by atoms with Crippen LogP contribution in [0.1, 0.15) is 28.1 Å². The van der Waals surface area contributed by atoms with Gasteiger partial charge in [-0.15, -0.1) is 0 Å². The van der Waals surface area contributed by atoms with Gasteiger partial charge in [0.05, 0.1) is 23.6 Å². The molecule has 2 heterocycles. The molecule has 0 bridgehead atoms. The molecular weight excluding hydrogens is 438 g/mol. The van der Waals surface area contributed by atoms with Crippen molar-refractivity contribution in [3.8, 4) is 0 Å². The Labute approximate surface area is 201 Å². The Kier molecular flexibility index (Phi) is 7.13. The fraction of sp³-hybridized carbons (Fsp3) is 0.360. The summed E-state index contributed by atoms with van der Waals surface area (Å²) in [5.41, 5.74) is 6.95. The molecule has 3 aromatic rings. The van der Waals surface area contributed by atoms with E-state index < -0.39 is 0 Å². The van der Waals surface area contributed by atoms with Crippen molar-refractivity contribution in [2.75, 3.05) is 31.5 Å². The predicted octanol–water partition coefficient (Wildman–Crippen LogP) is 5.02. The summed E-state index contributed by atoms with van der Waals surface area (Å²) in [6.07, 6.45) is 0. The molecular formula is C25H30ClN5S. The summed E-state index contributed by atoms with van der Waals surface area (Å²) in [6.45, 7) is 11.8. The molecule has 1 N–H and O–H groups in total. The Morgan fingerprint density at radius 3 is 2.34 bits per heavy atom. The molecule has 1 aliphatic rings. The third kappa shape index (κ3) is 5.31. The lowest BCUT2D eigenvalue weighted by Crippen LogP contribution is -2.49. The maximum atomic E-state index is 6.00. The Hall–Kier alpha value is -2.41. The Bertz CT molecular complexity index is 1080. The van der Waals surface area contributed by atoms with Gasteiger partial charge in [-0.25, -0.2) is 0 Å². The van der Waals surface area contributed by atoms with E-state index in [2.05, 4.69) is 70.0 Å². The number of hydrogen-bond donors (Lipinski definition) is 1. The van der Waals surface area contributed by atoms with Crippen molar-refractivity contribution in [3.63, 3.8) is 0 Å². The summed E-state index contributed by atoms with van der Waals surface area (Å²) in [4.78, 5) is 4.71. The van der Waals surface area contributed by atoms with Gasteiger partial charge in [0.25, 0.3) is 0 Å². The second-order valence-corrected chi connectivity index (χ2v) is 9.27. The third-order valence-corrected chi connectivity index (χ3v) is 6.79. The number of thiocarbonyl (C=S) groups is 1. The molecule has 5 nitrogen and oxygen atoms in total. The number of aromatic nitrogens is 2. The summed E-state index contributed by atoms with van der Waals surface area (Å²) in [5.74, 6) is 0. The van der Waals surface area contributed by atoms with Crippen LogP contribution in [-0.2, 0) is 13.1 Å². The number of benzene rings is 2. The average Bonchev–Trinajstić information content (AvgIpc) is 3.05. The lowest BCUT2D eigenvalue weighted by atomic mass is 10.1. The second-order valence-electron chi connectivity index (χ2n) is 8.45. The fourth-order valence-electron chi connectivity index (χ4n) is 4.12. The highest BCUT2D eigenvalue weighted by molar-refractivity contribution is 7.80. The van der Waals surface area contributed by atoms with Gasteiger partial charge in [-0.2, -0.15) is 5.10 Å². The zero-order chi connectivity index (χ0) is 22.7. The minimum absolute atomic E-state index is 0.761. The highest BCUT2D eigenvalue weighted by Gasteiger charge is 2.21. The summed E-state index contributed by atoms with van der Waals surface area (Å²) in [7, 11) is 0. The molecule has 4 rings (SSSR count). The van der Waals surface area contributed by atoms with Crippen LogP contribution in [0.15, 0.2) is 48.5 Å². The first-order valence-electron chi connectivity index (χ1n) is 11.0. The van der Waals surface area contributed by atoms with Crippen molar-refractivity contribution in [2.24, 2.45) is 0 Å². The monoisotopic (exact) mass is 467 g/mol. The molecule has 1 fully saturated rings. The first kappa shape index (κ1) is 22.8. The van der Waals surface area contributed by atoms with E-state index in [1.165, 1.54) is 16.7 Å². The Morgan fingerprint density at radius 1 is 0.969 bits per heavy atom. The van der Waals surface area contributed by atoms with Crippen LogP contribution in [0.3, 0.4) is 0 Å². The smallest absolute Gasteiger partial charge is 0.173 e. The minimum atomic E-state index is 0.761. The van der Waals surface area contributed by atoms with Crippen molar-refractivity contribution in [3.05, 3.63) is 81.6 Å². The molecule has 1 saturated heterocycles. The molecule has 0 saturated carbocycles. The number of nitrogens with zero attached hydrogens (tertiary/aromatic N) is 4. The number of piperazine rings is 1. The van der Waals surface area contributed by atoms with E-state index in [1.54, 1.807) is 0 Å². The summed E-state index contributed by atoms with van der Waals surface area (Å²) in [6, 6.07) is 16.6. The normalized spacial score (nSPS) is 14.6.